The molecule has 1 saturated heterocycles. The number of aliphatic carboxylic acids is 1. The molecule has 8 N–H and O–H groups in total. The van der Waals surface area contributed by atoms with E-state index in [-0.39, 0.29) is 0 Å². The SMILES string of the molecule is NC(=O)CC(NC(=O)C(CC(N)=O)NC(=O)C1CCCN1)C(=O)O. The molecule has 0 aromatic carbocycles. The minimum atomic E-state index is -1.56. The highest BCUT2D eigenvalue weighted by Crippen LogP contribution is 2.06. The predicted octanol–water partition coefficient (Wildman–Crippen LogP) is -3.46. The largest absolute Gasteiger partial charge is 0.480 e. The Kier molecular flexibility index (Phi) is 7.11. The lowest BCUT2D eigenvalue weighted by molar-refractivity contribution is -0.143. The number of nitrogens with one attached hydrogen (secondary N) is 3. The van der Waals surface area contributed by atoms with E-state index in [0.717, 1.165) is 6.42 Å². The highest BCUT2D eigenvalue weighted by atomic mass is 16.4. The van der Waals surface area contributed by atoms with E-state index in [2.05, 4.69) is 16.0 Å². The van der Waals surface area contributed by atoms with E-state index in [9.17, 15) is 24.0 Å². The number of carboxylic acids is 1. The van der Waals surface area contributed by atoms with Crippen molar-refractivity contribution in [1.82, 2.24) is 16.0 Å². The first-order valence-electron chi connectivity index (χ1n) is 7.34. The van der Waals surface area contributed by atoms with Crippen molar-refractivity contribution in [1.29, 1.82) is 0 Å². The fraction of sp³-hybridized carbons (Fsp3) is 0.615. The number of carbonyl (C=O) groups is 5. The highest BCUT2D eigenvalue weighted by molar-refractivity contribution is 5.95. The molecule has 4 amide bonds. The van der Waals surface area contributed by atoms with Crippen molar-refractivity contribution in [3.8, 4) is 0 Å². The molecule has 0 aliphatic carbocycles. The molecule has 0 radical (unpaired) electrons. The number of carbonyl (C=O) groups excluding carboxylic acids is 4. The first-order valence-corrected chi connectivity index (χ1v) is 7.34. The van der Waals surface area contributed by atoms with Crippen LogP contribution in [0, 0.1) is 0 Å². The Labute approximate surface area is 137 Å². The summed E-state index contributed by atoms with van der Waals surface area (Å²) in [7, 11) is 0. The van der Waals surface area contributed by atoms with Crippen LogP contribution in [0.3, 0.4) is 0 Å². The van der Waals surface area contributed by atoms with Crippen molar-refractivity contribution < 1.29 is 29.1 Å². The molecule has 0 aromatic heterocycles. The molecule has 3 atom stereocenters. The molecule has 11 nitrogen and oxygen atoms in total. The summed E-state index contributed by atoms with van der Waals surface area (Å²) in [5, 5.41) is 16.3. The van der Waals surface area contributed by atoms with Crippen molar-refractivity contribution in [2.45, 2.75) is 43.8 Å². The van der Waals surface area contributed by atoms with Crippen molar-refractivity contribution in [3.05, 3.63) is 0 Å². The molecular weight excluding hydrogens is 322 g/mol. The van der Waals surface area contributed by atoms with Crippen LogP contribution in [-0.4, -0.2) is 59.4 Å². The van der Waals surface area contributed by atoms with E-state index in [0.29, 0.717) is 13.0 Å². The Bertz CT molecular complexity index is 531. The van der Waals surface area contributed by atoms with Crippen LogP contribution < -0.4 is 27.4 Å². The number of nitrogens with two attached hydrogens (primary N) is 2. The number of amides is 4. The van der Waals surface area contributed by atoms with Crippen molar-refractivity contribution in [2.75, 3.05) is 6.54 Å². The van der Waals surface area contributed by atoms with Gasteiger partial charge in [-0.25, -0.2) is 4.79 Å². The zero-order valence-electron chi connectivity index (χ0n) is 12.9. The smallest absolute Gasteiger partial charge is 0.326 e. The summed E-state index contributed by atoms with van der Waals surface area (Å²) in [5.41, 5.74) is 9.98. The van der Waals surface area contributed by atoms with E-state index in [1.54, 1.807) is 0 Å². The molecule has 0 spiro atoms. The summed E-state index contributed by atoms with van der Waals surface area (Å²) in [6, 6.07) is -3.40. The van der Waals surface area contributed by atoms with Crippen LogP contribution in [0.1, 0.15) is 25.7 Å². The molecule has 24 heavy (non-hydrogen) atoms. The van der Waals surface area contributed by atoms with E-state index < -0.39 is 60.6 Å². The molecule has 0 bridgehead atoms. The van der Waals surface area contributed by atoms with E-state index in [1.807, 2.05) is 0 Å². The van der Waals surface area contributed by atoms with Crippen LogP contribution in [0.2, 0.25) is 0 Å². The Morgan fingerprint density at radius 2 is 1.62 bits per heavy atom. The molecule has 3 unspecified atom stereocenters. The van der Waals surface area contributed by atoms with Gasteiger partial charge in [0.2, 0.25) is 23.6 Å². The fourth-order valence-electron chi connectivity index (χ4n) is 2.26. The molecule has 1 aliphatic rings. The summed E-state index contributed by atoms with van der Waals surface area (Å²) in [5.74, 6) is -4.67. The van der Waals surface area contributed by atoms with Gasteiger partial charge in [-0.1, -0.05) is 0 Å². The molecule has 134 valence electrons. The lowest BCUT2D eigenvalue weighted by Crippen LogP contribution is -2.55. The number of carboxylic acid groups (broad SMARTS) is 1. The Morgan fingerprint density at radius 1 is 1.04 bits per heavy atom. The zero-order chi connectivity index (χ0) is 18.3. The molecule has 1 heterocycles. The maximum Gasteiger partial charge on any atom is 0.326 e. The Morgan fingerprint density at radius 3 is 2.08 bits per heavy atom. The quantitative estimate of drug-likeness (QED) is 0.250. The number of rotatable bonds is 9. The predicted molar refractivity (Wildman–Crippen MR) is 80.1 cm³/mol. The maximum absolute atomic E-state index is 12.2. The average molecular weight is 343 g/mol. The van der Waals surface area contributed by atoms with Gasteiger partial charge in [0.05, 0.1) is 18.9 Å². The first kappa shape index (κ1) is 19.4. The van der Waals surface area contributed by atoms with Crippen LogP contribution in [0.4, 0.5) is 0 Å². The number of hydrogen-bond acceptors (Lipinski definition) is 6. The number of hydrogen-bond donors (Lipinski definition) is 6. The van der Waals surface area contributed by atoms with Crippen molar-refractivity contribution in [2.24, 2.45) is 11.5 Å². The summed E-state index contributed by atoms with van der Waals surface area (Å²) in [6.07, 6.45) is 0.246. The van der Waals surface area contributed by atoms with Gasteiger partial charge in [-0.15, -0.1) is 0 Å². The second-order valence-corrected chi connectivity index (χ2v) is 5.45. The minimum absolute atomic E-state index is 0.490. The fourth-order valence-corrected chi connectivity index (χ4v) is 2.26. The molecule has 11 heteroatoms. The average Bonchev–Trinajstić information content (AvgIpc) is 2.98. The van der Waals surface area contributed by atoms with Gasteiger partial charge in [0, 0.05) is 0 Å². The lowest BCUT2D eigenvalue weighted by Gasteiger charge is -2.21. The van der Waals surface area contributed by atoms with Gasteiger partial charge in [0.25, 0.3) is 0 Å². The summed E-state index contributed by atoms with van der Waals surface area (Å²) >= 11 is 0. The van der Waals surface area contributed by atoms with Gasteiger partial charge < -0.3 is 32.5 Å². The van der Waals surface area contributed by atoms with Gasteiger partial charge in [0.1, 0.15) is 12.1 Å². The Balaban J connectivity index is 2.75. The third-order valence-corrected chi connectivity index (χ3v) is 3.43. The molecule has 1 aliphatic heterocycles. The topological polar surface area (TPSA) is 194 Å². The van der Waals surface area contributed by atoms with Gasteiger partial charge in [-0.2, -0.15) is 0 Å². The van der Waals surface area contributed by atoms with E-state index >= 15 is 0 Å². The van der Waals surface area contributed by atoms with Gasteiger partial charge in [-0.05, 0) is 19.4 Å². The maximum atomic E-state index is 12.2. The third-order valence-electron chi connectivity index (χ3n) is 3.43. The second-order valence-electron chi connectivity index (χ2n) is 5.45. The van der Waals surface area contributed by atoms with Crippen molar-refractivity contribution >= 4 is 29.6 Å². The standard InChI is InChI=1S/C13H21N5O6/c14-9(19)4-7(17-11(21)6-2-1-3-16-6)12(22)18-8(13(23)24)5-10(15)20/h6-8,16H,1-5H2,(H2,14,19)(H2,15,20)(H,17,21)(H,18,22)(H,23,24). The summed E-state index contributed by atoms with van der Waals surface area (Å²) in [6.45, 7) is 0.657. The highest BCUT2D eigenvalue weighted by Gasteiger charge is 2.31. The number of primary amides is 2. The van der Waals surface area contributed by atoms with Gasteiger partial charge in [-0.3, -0.25) is 19.2 Å². The molecule has 0 aromatic rings. The van der Waals surface area contributed by atoms with Crippen LogP contribution in [0.5, 0.6) is 0 Å². The molecule has 1 fully saturated rings. The normalized spacial score (nSPS) is 19.1. The molecule has 0 saturated carbocycles. The van der Waals surface area contributed by atoms with Crippen LogP contribution in [0.15, 0.2) is 0 Å². The van der Waals surface area contributed by atoms with E-state index in [4.69, 9.17) is 16.6 Å². The molecule has 1 rings (SSSR count). The van der Waals surface area contributed by atoms with Crippen LogP contribution in [0.25, 0.3) is 0 Å². The molecular formula is C13H21N5O6. The summed E-state index contributed by atoms with van der Waals surface area (Å²) in [4.78, 5) is 57.2. The Hall–Kier alpha value is -2.69. The van der Waals surface area contributed by atoms with Crippen LogP contribution >= 0.6 is 0 Å². The lowest BCUT2D eigenvalue weighted by atomic mass is 10.1. The van der Waals surface area contributed by atoms with E-state index in [1.165, 1.54) is 0 Å². The monoisotopic (exact) mass is 343 g/mol. The first-order chi connectivity index (χ1) is 11.2. The van der Waals surface area contributed by atoms with Gasteiger partial charge >= 0.3 is 5.97 Å². The zero-order valence-corrected chi connectivity index (χ0v) is 12.9. The third kappa shape index (κ3) is 6.20. The minimum Gasteiger partial charge on any atom is -0.480 e. The second kappa shape index (κ2) is 8.82. The summed E-state index contributed by atoms with van der Waals surface area (Å²) < 4.78 is 0. The van der Waals surface area contributed by atoms with Crippen LogP contribution in [-0.2, 0) is 24.0 Å². The van der Waals surface area contributed by atoms with Gasteiger partial charge in [0.15, 0.2) is 0 Å². The van der Waals surface area contributed by atoms with Crippen molar-refractivity contribution in [3.63, 3.8) is 0 Å².